The van der Waals surface area contributed by atoms with Crippen molar-refractivity contribution in [2.45, 2.75) is 10.1 Å². The predicted molar refractivity (Wildman–Crippen MR) is 81.4 cm³/mol. The number of nitrogens with two attached hydrogens (primary N) is 1. The van der Waals surface area contributed by atoms with Crippen LogP contribution in [0.1, 0.15) is 5.56 Å². The van der Waals surface area contributed by atoms with Crippen molar-refractivity contribution < 1.29 is 4.42 Å². The van der Waals surface area contributed by atoms with Crippen LogP contribution in [0.5, 0.6) is 0 Å². The molecule has 3 aromatic rings. The molecule has 0 amide bonds. The Bertz CT molecular complexity index is 838. The highest BCUT2D eigenvalue weighted by Crippen LogP contribution is 2.34. The second-order valence-electron chi connectivity index (χ2n) is 4.03. The molecule has 0 unspecified atom stereocenters. The van der Waals surface area contributed by atoms with Gasteiger partial charge in [-0.3, -0.25) is 0 Å². The molecule has 1 heterocycles. The van der Waals surface area contributed by atoms with Crippen LogP contribution in [0, 0.1) is 11.3 Å². The number of nitrogen functional groups attached to an aromatic ring is 1. The summed E-state index contributed by atoms with van der Waals surface area (Å²) in [4.78, 5) is 5.16. The summed E-state index contributed by atoms with van der Waals surface area (Å²) in [6.45, 7) is 0. The largest absolute Gasteiger partial charge is 0.431 e. The van der Waals surface area contributed by atoms with Gasteiger partial charge >= 0.3 is 0 Å². The maximum absolute atomic E-state index is 9.19. The molecular formula is C14H8BrN3OS. The molecule has 4 nitrogen and oxygen atoms in total. The third-order valence-electron chi connectivity index (χ3n) is 2.68. The van der Waals surface area contributed by atoms with E-state index in [0.29, 0.717) is 27.6 Å². The summed E-state index contributed by atoms with van der Waals surface area (Å²) in [7, 11) is 0. The zero-order valence-corrected chi connectivity index (χ0v) is 12.5. The molecule has 20 heavy (non-hydrogen) atoms. The summed E-state index contributed by atoms with van der Waals surface area (Å²) in [5, 5.41) is 9.68. The zero-order chi connectivity index (χ0) is 14.1. The van der Waals surface area contributed by atoms with Crippen molar-refractivity contribution in [2.75, 3.05) is 5.73 Å². The Labute approximate surface area is 127 Å². The fourth-order valence-corrected chi connectivity index (χ4v) is 3.21. The average Bonchev–Trinajstić information content (AvgIpc) is 2.80. The van der Waals surface area contributed by atoms with Crippen LogP contribution in [0.4, 0.5) is 5.69 Å². The second kappa shape index (κ2) is 5.19. The van der Waals surface area contributed by atoms with Crippen LogP contribution in [-0.4, -0.2) is 4.98 Å². The Morgan fingerprint density at radius 2 is 2.15 bits per heavy atom. The minimum Gasteiger partial charge on any atom is -0.431 e. The lowest BCUT2D eigenvalue weighted by molar-refractivity contribution is 0.489. The van der Waals surface area contributed by atoms with E-state index in [1.54, 1.807) is 18.2 Å². The summed E-state index contributed by atoms with van der Waals surface area (Å²) in [5.41, 5.74) is 8.31. The maximum atomic E-state index is 9.19. The third kappa shape index (κ3) is 2.38. The minimum atomic E-state index is 0.486. The Balaban J connectivity index is 2.02. The van der Waals surface area contributed by atoms with Gasteiger partial charge in [-0.25, -0.2) is 4.98 Å². The topological polar surface area (TPSA) is 75.8 Å². The molecule has 0 fully saturated rings. The van der Waals surface area contributed by atoms with Crippen LogP contribution in [0.25, 0.3) is 11.1 Å². The van der Waals surface area contributed by atoms with Crippen molar-refractivity contribution in [3.8, 4) is 6.07 Å². The van der Waals surface area contributed by atoms with E-state index in [2.05, 4.69) is 27.0 Å². The van der Waals surface area contributed by atoms with E-state index >= 15 is 0 Å². The first-order valence-electron chi connectivity index (χ1n) is 5.70. The molecule has 2 aromatic carbocycles. The van der Waals surface area contributed by atoms with Crippen molar-refractivity contribution in [3.05, 3.63) is 46.4 Å². The van der Waals surface area contributed by atoms with Crippen molar-refractivity contribution in [1.29, 1.82) is 5.26 Å². The average molecular weight is 346 g/mol. The SMILES string of the molecule is N#Cc1c(Br)cccc1Sc1nc2cc(N)ccc2o1. The predicted octanol–water partition coefficient (Wildman–Crippen LogP) is 4.20. The normalized spacial score (nSPS) is 10.6. The lowest BCUT2D eigenvalue weighted by atomic mass is 10.2. The number of anilines is 1. The van der Waals surface area contributed by atoms with Gasteiger partial charge in [0.25, 0.3) is 5.22 Å². The molecule has 1 aromatic heterocycles. The highest BCUT2D eigenvalue weighted by atomic mass is 79.9. The van der Waals surface area contributed by atoms with E-state index < -0.39 is 0 Å². The number of aromatic nitrogens is 1. The van der Waals surface area contributed by atoms with E-state index in [4.69, 9.17) is 10.2 Å². The monoisotopic (exact) mass is 345 g/mol. The lowest BCUT2D eigenvalue weighted by Gasteiger charge is -2.01. The number of benzene rings is 2. The van der Waals surface area contributed by atoms with Crippen LogP contribution in [0.15, 0.2) is 55.4 Å². The van der Waals surface area contributed by atoms with Crippen molar-refractivity contribution in [2.24, 2.45) is 0 Å². The molecule has 0 bridgehead atoms. The Morgan fingerprint density at radius 1 is 1.30 bits per heavy atom. The van der Waals surface area contributed by atoms with Crippen LogP contribution in [-0.2, 0) is 0 Å². The summed E-state index contributed by atoms with van der Waals surface area (Å²) < 4.78 is 6.39. The Kier molecular flexibility index (Phi) is 3.38. The number of nitriles is 1. The number of hydrogen-bond donors (Lipinski definition) is 1. The molecule has 0 saturated carbocycles. The summed E-state index contributed by atoms with van der Waals surface area (Å²) in [6.07, 6.45) is 0. The minimum absolute atomic E-state index is 0.486. The van der Waals surface area contributed by atoms with Crippen LogP contribution >= 0.6 is 27.7 Å². The van der Waals surface area contributed by atoms with Crippen molar-refractivity contribution in [3.63, 3.8) is 0 Å². The van der Waals surface area contributed by atoms with E-state index in [0.717, 1.165) is 9.37 Å². The van der Waals surface area contributed by atoms with Gasteiger partial charge in [-0.05, 0) is 58.0 Å². The van der Waals surface area contributed by atoms with Crippen molar-refractivity contribution in [1.82, 2.24) is 4.98 Å². The summed E-state index contributed by atoms with van der Waals surface area (Å²) in [6, 6.07) is 13.0. The van der Waals surface area contributed by atoms with E-state index in [1.165, 1.54) is 11.8 Å². The van der Waals surface area contributed by atoms with Gasteiger partial charge in [0.1, 0.15) is 11.6 Å². The first-order chi connectivity index (χ1) is 9.67. The van der Waals surface area contributed by atoms with Gasteiger partial charge in [0.15, 0.2) is 5.58 Å². The lowest BCUT2D eigenvalue weighted by Crippen LogP contribution is -1.83. The number of rotatable bonds is 2. The number of nitrogens with zero attached hydrogens (tertiary/aromatic N) is 2. The first-order valence-corrected chi connectivity index (χ1v) is 7.31. The number of hydrogen-bond acceptors (Lipinski definition) is 5. The molecule has 0 aliphatic carbocycles. The number of fused-ring (bicyclic) bond motifs is 1. The molecule has 0 spiro atoms. The highest BCUT2D eigenvalue weighted by molar-refractivity contribution is 9.10. The van der Waals surface area contributed by atoms with Gasteiger partial charge < -0.3 is 10.2 Å². The van der Waals surface area contributed by atoms with Gasteiger partial charge in [-0.2, -0.15) is 5.26 Å². The van der Waals surface area contributed by atoms with Crippen molar-refractivity contribution >= 4 is 44.5 Å². The second-order valence-corrected chi connectivity index (χ2v) is 5.88. The summed E-state index contributed by atoms with van der Waals surface area (Å²) >= 11 is 4.67. The quantitative estimate of drug-likeness (QED) is 0.704. The van der Waals surface area contributed by atoms with Gasteiger partial charge in [0.2, 0.25) is 0 Å². The van der Waals surface area contributed by atoms with Gasteiger partial charge in [0, 0.05) is 15.1 Å². The highest BCUT2D eigenvalue weighted by Gasteiger charge is 2.12. The summed E-state index contributed by atoms with van der Waals surface area (Å²) in [5.74, 6) is 0. The molecule has 6 heteroatoms. The molecule has 0 saturated heterocycles. The van der Waals surface area contributed by atoms with E-state index in [-0.39, 0.29) is 0 Å². The molecule has 3 rings (SSSR count). The molecule has 0 aliphatic heterocycles. The standard InChI is InChI=1S/C14H8BrN3OS/c15-10-2-1-3-13(9(10)7-16)20-14-18-11-6-8(17)4-5-12(11)19-14/h1-6H,17H2. The van der Waals surface area contributed by atoms with E-state index in [1.807, 2.05) is 18.2 Å². The van der Waals surface area contributed by atoms with Gasteiger partial charge in [0.05, 0.1) is 5.56 Å². The zero-order valence-electron chi connectivity index (χ0n) is 10.1. The Hall–Kier alpha value is -1.97. The van der Waals surface area contributed by atoms with E-state index in [9.17, 15) is 5.26 Å². The maximum Gasteiger partial charge on any atom is 0.261 e. The Morgan fingerprint density at radius 3 is 2.95 bits per heavy atom. The number of halogens is 1. The smallest absolute Gasteiger partial charge is 0.261 e. The molecule has 0 aliphatic rings. The van der Waals surface area contributed by atoms with Crippen LogP contribution < -0.4 is 5.73 Å². The fourth-order valence-electron chi connectivity index (χ4n) is 1.76. The molecule has 98 valence electrons. The first kappa shape index (κ1) is 13.0. The fraction of sp³-hybridized carbons (Fsp3) is 0. The third-order valence-corrected chi connectivity index (χ3v) is 4.25. The molecule has 0 atom stereocenters. The van der Waals surface area contributed by atoms with Crippen LogP contribution in [0.2, 0.25) is 0 Å². The molecule has 2 N–H and O–H groups in total. The molecule has 0 radical (unpaired) electrons. The van der Waals surface area contributed by atoms with Gasteiger partial charge in [-0.15, -0.1) is 0 Å². The van der Waals surface area contributed by atoms with Crippen LogP contribution in [0.3, 0.4) is 0 Å². The molecular weight excluding hydrogens is 338 g/mol. The van der Waals surface area contributed by atoms with Gasteiger partial charge in [-0.1, -0.05) is 6.07 Å². The number of oxazole rings is 1.